The Morgan fingerprint density at radius 2 is 1.87 bits per heavy atom. The summed E-state index contributed by atoms with van der Waals surface area (Å²) in [5, 5.41) is 6.40. The largest absolute Gasteiger partial charge is 0.354 e. The highest BCUT2D eigenvalue weighted by atomic mass is 32.1. The van der Waals surface area contributed by atoms with Crippen molar-refractivity contribution in [2.75, 3.05) is 13.1 Å². The molecule has 6 heteroatoms. The summed E-state index contributed by atoms with van der Waals surface area (Å²) in [6.45, 7) is 3.49. The number of unbranched alkanes of at least 4 members (excludes halogenated alkanes) is 1. The van der Waals surface area contributed by atoms with Gasteiger partial charge < -0.3 is 10.2 Å². The van der Waals surface area contributed by atoms with Gasteiger partial charge in [-0.2, -0.15) is 0 Å². The molecule has 1 unspecified atom stereocenters. The zero-order valence-corrected chi connectivity index (χ0v) is 19.0. The predicted molar refractivity (Wildman–Crippen MR) is 118 cm³/mol. The minimum Gasteiger partial charge on any atom is -0.354 e. The van der Waals surface area contributed by atoms with Crippen LogP contribution in [0.15, 0.2) is 5.38 Å². The second kappa shape index (κ2) is 8.25. The Bertz CT molecular complexity index is 769. The van der Waals surface area contributed by atoms with Crippen LogP contribution in [0.2, 0.25) is 0 Å². The Morgan fingerprint density at radius 1 is 1.17 bits per heavy atom. The molecule has 1 N–H and O–H groups in total. The van der Waals surface area contributed by atoms with E-state index in [0.717, 1.165) is 81.4 Å². The number of rotatable bonds is 7. The Balaban J connectivity index is 1.13. The number of thiazole rings is 1. The zero-order chi connectivity index (χ0) is 20.7. The predicted octanol–water partition coefficient (Wildman–Crippen LogP) is 4.10. The highest BCUT2D eigenvalue weighted by Gasteiger charge is 2.56. The maximum atomic E-state index is 13.7. The molecule has 4 saturated carbocycles. The van der Waals surface area contributed by atoms with Gasteiger partial charge in [0.25, 0.3) is 0 Å². The minimum atomic E-state index is -0.243. The van der Waals surface area contributed by atoms with Crippen LogP contribution < -0.4 is 5.32 Å². The standard InChI is InChI=1S/C24H35N3O2S/c1-16-15-30-21(26-16)6-2-3-7-25-22(28)20-5-4-8-27(20)23(29)24-12-17-9-18(13-24)11-19(10-17)14-24/h15,17-20H,2-14H2,1H3,(H,25,28). The van der Waals surface area contributed by atoms with Gasteiger partial charge in [0.2, 0.25) is 11.8 Å². The fraction of sp³-hybridized carbons (Fsp3) is 0.792. The maximum absolute atomic E-state index is 13.7. The molecule has 2 amide bonds. The first-order valence-corrected chi connectivity index (χ1v) is 12.9. The summed E-state index contributed by atoms with van der Waals surface area (Å²) in [5.41, 5.74) is 0.956. The van der Waals surface area contributed by atoms with Crippen molar-refractivity contribution in [3.05, 3.63) is 16.1 Å². The zero-order valence-electron chi connectivity index (χ0n) is 18.2. The van der Waals surface area contributed by atoms with Crippen molar-refractivity contribution >= 4 is 23.2 Å². The summed E-state index contributed by atoms with van der Waals surface area (Å²) < 4.78 is 0. The minimum absolute atomic E-state index is 0.0654. The first kappa shape index (κ1) is 20.5. The van der Waals surface area contributed by atoms with Crippen LogP contribution in [0.1, 0.15) is 74.9 Å². The number of amides is 2. The fourth-order valence-corrected chi connectivity index (χ4v) is 8.03. The van der Waals surface area contributed by atoms with E-state index in [1.54, 1.807) is 11.3 Å². The van der Waals surface area contributed by atoms with Gasteiger partial charge in [0.1, 0.15) is 6.04 Å². The van der Waals surface area contributed by atoms with E-state index in [1.807, 2.05) is 11.8 Å². The quantitative estimate of drug-likeness (QED) is 0.664. The monoisotopic (exact) mass is 429 g/mol. The van der Waals surface area contributed by atoms with Crippen LogP contribution in [-0.2, 0) is 16.0 Å². The SMILES string of the molecule is Cc1csc(CCCCNC(=O)C2CCCN2C(=O)C23CC4CC(CC(C4)C2)C3)n1. The number of carbonyl (C=O) groups excluding carboxylic acids is 2. The third-order valence-corrected chi connectivity index (χ3v) is 9.12. The van der Waals surface area contributed by atoms with Crippen molar-refractivity contribution in [1.29, 1.82) is 0 Å². The molecule has 1 aromatic rings. The molecule has 6 rings (SSSR count). The van der Waals surface area contributed by atoms with E-state index in [4.69, 9.17) is 0 Å². The third kappa shape index (κ3) is 3.92. The van der Waals surface area contributed by atoms with Crippen molar-refractivity contribution in [1.82, 2.24) is 15.2 Å². The van der Waals surface area contributed by atoms with Crippen LogP contribution in [-0.4, -0.2) is 40.8 Å². The highest BCUT2D eigenvalue weighted by molar-refractivity contribution is 7.09. The van der Waals surface area contributed by atoms with Gasteiger partial charge in [-0.3, -0.25) is 9.59 Å². The average molecular weight is 430 g/mol. The lowest BCUT2D eigenvalue weighted by Gasteiger charge is -2.56. The molecular weight excluding hydrogens is 394 g/mol. The van der Waals surface area contributed by atoms with Gasteiger partial charge in [-0.25, -0.2) is 4.98 Å². The molecule has 4 aliphatic carbocycles. The number of nitrogens with zero attached hydrogens (tertiary/aromatic N) is 2. The molecule has 1 aromatic heterocycles. The molecular formula is C24H35N3O2S. The average Bonchev–Trinajstić information content (AvgIpc) is 3.35. The summed E-state index contributed by atoms with van der Waals surface area (Å²) >= 11 is 1.72. The number of nitrogens with one attached hydrogen (secondary N) is 1. The molecule has 1 atom stereocenters. The molecule has 5 fully saturated rings. The van der Waals surface area contributed by atoms with Crippen molar-refractivity contribution in [2.45, 2.75) is 83.6 Å². The van der Waals surface area contributed by atoms with E-state index in [0.29, 0.717) is 12.5 Å². The number of hydrogen-bond acceptors (Lipinski definition) is 4. The number of aryl methyl sites for hydroxylation is 2. The smallest absolute Gasteiger partial charge is 0.242 e. The number of aromatic nitrogens is 1. The summed E-state index contributed by atoms with van der Waals surface area (Å²) in [6.07, 6.45) is 12.0. The topological polar surface area (TPSA) is 62.3 Å². The van der Waals surface area contributed by atoms with Crippen molar-refractivity contribution in [3.63, 3.8) is 0 Å². The second-order valence-corrected chi connectivity index (χ2v) is 11.4. The van der Waals surface area contributed by atoms with Crippen LogP contribution in [0, 0.1) is 30.1 Å². The summed E-state index contributed by atoms with van der Waals surface area (Å²) in [5.74, 6) is 2.67. The van der Waals surface area contributed by atoms with E-state index >= 15 is 0 Å². The second-order valence-electron chi connectivity index (χ2n) is 10.5. The van der Waals surface area contributed by atoms with E-state index in [9.17, 15) is 9.59 Å². The first-order chi connectivity index (χ1) is 14.5. The van der Waals surface area contributed by atoms with E-state index in [-0.39, 0.29) is 17.4 Å². The Labute approximate surface area is 184 Å². The molecule has 30 heavy (non-hydrogen) atoms. The van der Waals surface area contributed by atoms with E-state index in [2.05, 4.69) is 15.7 Å². The van der Waals surface area contributed by atoms with Gasteiger partial charge in [0.05, 0.1) is 10.4 Å². The number of likely N-dealkylation sites (tertiary alicyclic amines) is 1. The molecule has 0 aromatic carbocycles. The van der Waals surface area contributed by atoms with Crippen molar-refractivity contribution < 1.29 is 9.59 Å². The fourth-order valence-electron chi connectivity index (χ4n) is 7.21. The molecule has 164 valence electrons. The van der Waals surface area contributed by atoms with Crippen LogP contribution in [0.25, 0.3) is 0 Å². The molecule has 2 heterocycles. The molecule has 5 nitrogen and oxygen atoms in total. The van der Waals surface area contributed by atoms with Gasteiger partial charge in [-0.15, -0.1) is 11.3 Å². The number of hydrogen-bond donors (Lipinski definition) is 1. The van der Waals surface area contributed by atoms with Crippen LogP contribution in [0.4, 0.5) is 0 Å². The van der Waals surface area contributed by atoms with Gasteiger partial charge in [-0.1, -0.05) is 0 Å². The van der Waals surface area contributed by atoms with Gasteiger partial charge in [0, 0.05) is 24.2 Å². The van der Waals surface area contributed by atoms with Crippen molar-refractivity contribution in [2.24, 2.45) is 23.2 Å². The van der Waals surface area contributed by atoms with Crippen LogP contribution >= 0.6 is 11.3 Å². The lowest BCUT2D eigenvalue weighted by molar-refractivity contribution is -0.160. The molecule has 5 aliphatic rings. The normalized spacial score (nSPS) is 34.5. The van der Waals surface area contributed by atoms with Crippen LogP contribution in [0.3, 0.4) is 0 Å². The Kier molecular flexibility index (Phi) is 5.63. The van der Waals surface area contributed by atoms with Crippen molar-refractivity contribution in [3.8, 4) is 0 Å². The Hall–Kier alpha value is -1.43. The number of carbonyl (C=O) groups is 2. The summed E-state index contributed by atoms with van der Waals surface area (Å²) in [4.78, 5) is 33.1. The molecule has 0 radical (unpaired) electrons. The van der Waals surface area contributed by atoms with Gasteiger partial charge in [-0.05, 0) is 95.3 Å². The maximum Gasteiger partial charge on any atom is 0.242 e. The first-order valence-electron chi connectivity index (χ1n) is 12.0. The van der Waals surface area contributed by atoms with Gasteiger partial charge >= 0.3 is 0 Å². The molecule has 1 aliphatic heterocycles. The molecule has 1 saturated heterocycles. The Morgan fingerprint density at radius 3 is 2.50 bits per heavy atom. The summed E-state index contributed by atoms with van der Waals surface area (Å²) in [6, 6.07) is -0.243. The van der Waals surface area contributed by atoms with E-state index < -0.39 is 0 Å². The summed E-state index contributed by atoms with van der Waals surface area (Å²) in [7, 11) is 0. The van der Waals surface area contributed by atoms with Gasteiger partial charge in [0.15, 0.2) is 0 Å². The lowest BCUT2D eigenvalue weighted by atomic mass is 9.49. The molecule has 0 spiro atoms. The lowest BCUT2D eigenvalue weighted by Crippen LogP contribution is -2.57. The van der Waals surface area contributed by atoms with E-state index in [1.165, 1.54) is 24.3 Å². The third-order valence-electron chi connectivity index (χ3n) is 8.09. The molecule has 4 bridgehead atoms. The van der Waals surface area contributed by atoms with Crippen LogP contribution in [0.5, 0.6) is 0 Å². The highest BCUT2D eigenvalue weighted by Crippen LogP contribution is 2.60.